The van der Waals surface area contributed by atoms with Gasteiger partial charge in [-0.2, -0.15) is 5.10 Å². The third-order valence-electron chi connectivity index (χ3n) is 3.13. The molecule has 1 saturated heterocycles. The van der Waals surface area contributed by atoms with Crippen molar-refractivity contribution in [3.63, 3.8) is 0 Å². The van der Waals surface area contributed by atoms with E-state index in [4.69, 9.17) is 0 Å². The van der Waals surface area contributed by atoms with E-state index in [-0.39, 0.29) is 0 Å². The fraction of sp³-hybridized carbons (Fsp3) is 0.545. The van der Waals surface area contributed by atoms with Gasteiger partial charge in [0.2, 0.25) is 0 Å². The van der Waals surface area contributed by atoms with Crippen molar-refractivity contribution >= 4 is 12.0 Å². The van der Waals surface area contributed by atoms with Gasteiger partial charge in [-0.05, 0) is 26.3 Å². The molecule has 1 fully saturated rings. The first-order valence-corrected chi connectivity index (χ1v) is 5.86. The summed E-state index contributed by atoms with van der Waals surface area (Å²) in [6.45, 7) is 3.11. The van der Waals surface area contributed by atoms with Crippen LogP contribution in [0.15, 0.2) is 11.8 Å². The number of nitrogens with zero attached hydrogens (tertiary/aromatic N) is 2. The molecule has 86 valence electrons. The van der Waals surface area contributed by atoms with Crippen molar-refractivity contribution in [2.75, 3.05) is 12.0 Å². The second-order valence-electron chi connectivity index (χ2n) is 4.46. The molecular weight excluding hydrogens is 202 g/mol. The number of hydrogen-bond acceptors (Lipinski definition) is 4. The Bertz CT molecular complexity index is 414. The number of allylic oxidation sites excluding steroid dienone is 1. The van der Waals surface area contributed by atoms with E-state index in [2.05, 4.69) is 27.3 Å². The van der Waals surface area contributed by atoms with E-state index in [9.17, 15) is 0 Å². The van der Waals surface area contributed by atoms with Crippen LogP contribution in [0.5, 0.6) is 0 Å². The van der Waals surface area contributed by atoms with Crippen molar-refractivity contribution in [1.29, 1.82) is 0 Å². The minimum Gasteiger partial charge on any atom is -0.309 e. The highest BCUT2D eigenvalue weighted by atomic mass is 15.5. The topological polar surface area (TPSA) is 53.9 Å². The molecule has 0 saturated carbocycles. The van der Waals surface area contributed by atoms with E-state index < -0.39 is 0 Å². The van der Waals surface area contributed by atoms with Crippen LogP contribution >= 0.6 is 0 Å². The zero-order valence-corrected chi connectivity index (χ0v) is 9.45. The SMILES string of the molecule is CC1=Cn2nc([C@@H]3CCCCN3)cc2NN1. The summed E-state index contributed by atoms with van der Waals surface area (Å²) < 4.78 is 1.90. The maximum absolute atomic E-state index is 4.60. The van der Waals surface area contributed by atoms with Crippen LogP contribution in [0.1, 0.15) is 37.9 Å². The lowest BCUT2D eigenvalue weighted by Crippen LogP contribution is -2.27. The molecule has 5 nitrogen and oxygen atoms in total. The largest absolute Gasteiger partial charge is 0.309 e. The van der Waals surface area contributed by atoms with Crippen molar-refractivity contribution in [3.8, 4) is 0 Å². The summed E-state index contributed by atoms with van der Waals surface area (Å²) in [4.78, 5) is 0. The second kappa shape index (κ2) is 3.83. The molecule has 0 aromatic carbocycles. The van der Waals surface area contributed by atoms with E-state index in [1.807, 2.05) is 17.8 Å². The van der Waals surface area contributed by atoms with Crippen molar-refractivity contribution < 1.29 is 0 Å². The van der Waals surface area contributed by atoms with Crippen LogP contribution in [0.3, 0.4) is 0 Å². The molecule has 3 rings (SSSR count). The van der Waals surface area contributed by atoms with Crippen LogP contribution in [0.4, 0.5) is 5.82 Å². The first-order valence-electron chi connectivity index (χ1n) is 5.86. The van der Waals surface area contributed by atoms with Crippen LogP contribution in [-0.4, -0.2) is 16.3 Å². The molecule has 2 aliphatic rings. The van der Waals surface area contributed by atoms with Crippen molar-refractivity contribution in [2.24, 2.45) is 0 Å². The van der Waals surface area contributed by atoms with Crippen LogP contribution in [0.2, 0.25) is 0 Å². The molecule has 16 heavy (non-hydrogen) atoms. The second-order valence-corrected chi connectivity index (χ2v) is 4.46. The fourth-order valence-electron chi connectivity index (χ4n) is 2.26. The summed E-state index contributed by atoms with van der Waals surface area (Å²) in [5.41, 5.74) is 8.41. The molecule has 5 heteroatoms. The maximum Gasteiger partial charge on any atom is 0.147 e. The molecule has 1 aromatic rings. The molecule has 1 atom stereocenters. The van der Waals surface area contributed by atoms with Crippen molar-refractivity contribution in [2.45, 2.75) is 32.2 Å². The number of nitrogens with one attached hydrogen (secondary N) is 3. The quantitative estimate of drug-likeness (QED) is 0.669. The van der Waals surface area contributed by atoms with E-state index in [1.54, 1.807) is 0 Å². The zero-order chi connectivity index (χ0) is 11.0. The average Bonchev–Trinajstić information content (AvgIpc) is 2.73. The van der Waals surface area contributed by atoms with Crippen LogP contribution in [0.25, 0.3) is 6.20 Å². The van der Waals surface area contributed by atoms with Crippen molar-refractivity contribution in [1.82, 2.24) is 20.5 Å². The van der Waals surface area contributed by atoms with Gasteiger partial charge in [0.15, 0.2) is 0 Å². The van der Waals surface area contributed by atoms with E-state index in [0.29, 0.717) is 6.04 Å². The molecule has 0 unspecified atom stereocenters. The number of aromatic nitrogens is 2. The normalized spacial score (nSPS) is 24.1. The van der Waals surface area contributed by atoms with Gasteiger partial charge in [0.1, 0.15) is 5.82 Å². The van der Waals surface area contributed by atoms with Crippen LogP contribution < -0.4 is 16.2 Å². The summed E-state index contributed by atoms with van der Waals surface area (Å²) in [6, 6.07) is 2.53. The monoisotopic (exact) mass is 219 g/mol. The highest BCUT2D eigenvalue weighted by Crippen LogP contribution is 2.25. The Morgan fingerprint density at radius 1 is 1.38 bits per heavy atom. The lowest BCUT2D eigenvalue weighted by atomic mass is 10.0. The Morgan fingerprint density at radius 3 is 3.12 bits per heavy atom. The van der Waals surface area contributed by atoms with E-state index >= 15 is 0 Å². The molecule has 0 radical (unpaired) electrons. The number of fused-ring (bicyclic) bond motifs is 1. The lowest BCUT2D eigenvalue weighted by molar-refractivity contribution is 0.404. The Morgan fingerprint density at radius 2 is 2.31 bits per heavy atom. The number of anilines is 1. The first kappa shape index (κ1) is 9.72. The molecule has 3 N–H and O–H groups in total. The zero-order valence-electron chi connectivity index (χ0n) is 9.45. The Hall–Kier alpha value is -1.49. The van der Waals surface area contributed by atoms with E-state index in [1.165, 1.54) is 19.3 Å². The predicted molar refractivity (Wildman–Crippen MR) is 63.5 cm³/mol. The summed E-state index contributed by atoms with van der Waals surface area (Å²) in [5, 5.41) is 8.11. The van der Waals surface area contributed by atoms with Gasteiger partial charge < -0.3 is 10.7 Å². The molecule has 1 aromatic heterocycles. The minimum atomic E-state index is 0.419. The number of hydrogen-bond donors (Lipinski definition) is 3. The molecule has 0 bridgehead atoms. The Balaban J connectivity index is 1.86. The first-order chi connectivity index (χ1) is 7.83. The summed E-state index contributed by atoms with van der Waals surface area (Å²) in [5.74, 6) is 1.01. The molecule has 2 aliphatic heterocycles. The minimum absolute atomic E-state index is 0.419. The number of piperidine rings is 1. The number of hydrazine groups is 1. The van der Waals surface area contributed by atoms with Gasteiger partial charge >= 0.3 is 0 Å². The van der Waals surface area contributed by atoms with Crippen LogP contribution in [0, 0.1) is 0 Å². The third-order valence-corrected chi connectivity index (χ3v) is 3.13. The van der Waals surface area contributed by atoms with Gasteiger partial charge in [-0.25, -0.2) is 4.68 Å². The lowest BCUT2D eigenvalue weighted by Gasteiger charge is -2.21. The highest BCUT2D eigenvalue weighted by molar-refractivity contribution is 5.49. The Labute approximate surface area is 94.9 Å². The molecule has 3 heterocycles. The summed E-state index contributed by atoms with van der Waals surface area (Å²) >= 11 is 0. The van der Waals surface area contributed by atoms with Gasteiger partial charge in [-0.3, -0.25) is 5.43 Å². The van der Waals surface area contributed by atoms with Gasteiger partial charge in [0.05, 0.1) is 17.9 Å². The maximum atomic E-state index is 4.60. The molecule has 0 aliphatic carbocycles. The van der Waals surface area contributed by atoms with E-state index in [0.717, 1.165) is 23.8 Å². The van der Waals surface area contributed by atoms with Gasteiger partial charge in [0.25, 0.3) is 0 Å². The van der Waals surface area contributed by atoms with Gasteiger partial charge in [-0.1, -0.05) is 6.42 Å². The number of rotatable bonds is 1. The fourth-order valence-corrected chi connectivity index (χ4v) is 2.26. The Kier molecular flexibility index (Phi) is 2.32. The summed E-state index contributed by atoms with van der Waals surface area (Å²) in [6.07, 6.45) is 5.76. The molecule has 0 spiro atoms. The predicted octanol–water partition coefficient (Wildman–Crippen LogP) is 1.45. The molecular formula is C11H17N5. The average molecular weight is 219 g/mol. The highest BCUT2D eigenvalue weighted by Gasteiger charge is 2.19. The van der Waals surface area contributed by atoms with Crippen LogP contribution in [-0.2, 0) is 0 Å². The smallest absolute Gasteiger partial charge is 0.147 e. The molecule has 0 amide bonds. The summed E-state index contributed by atoms with van der Waals surface area (Å²) in [7, 11) is 0. The standard InChI is InChI=1S/C11H17N5/c1-8-7-16-11(14-13-8)6-10(15-16)9-4-2-3-5-12-9/h6-7,9,12-14H,2-5H2,1H3/t9-/m0/s1. The van der Waals surface area contributed by atoms with Gasteiger partial charge in [0, 0.05) is 11.8 Å². The van der Waals surface area contributed by atoms with Crippen molar-refractivity contribution in [3.05, 3.63) is 17.5 Å². The van der Waals surface area contributed by atoms with Gasteiger partial charge in [-0.15, -0.1) is 0 Å². The third kappa shape index (κ3) is 1.67.